The summed E-state index contributed by atoms with van der Waals surface area (Å²) in [5, 5.41) is 9.02. The maximum absolute atomic E-state index is 12.8. The zero-order valence-electron chi connectivity index (χ0n) is 14.7. The maximum Gasteiger partial charge on any atom is 0.237 e. The Hall–Kier alpha value is -3.46. The lowest BCUT2D eigenvalue weighted by atomic mass is 9.84. The standard InChI is InChI=1S/C19H15N5O3S/c1-9(28-19-22-18(20)23-24-19)17(27)21-10-6-7-13-14(8-10)16(26)12-5-3-2-4-11(12)15(13)25/h2-9H,1H3,(H,21,27)(H3,20,22,23,24)/t9-/m0/s1. The number of aromatic amines is 1. The maximum atomic E-state index is 12.8. The van der Waals surface area contributed by atoms with Crippen molar-refractivity contribution < 1.29 is 14.4 Å². The summed E-state index contributed by atoms with van der Waals surface area (Å²) in [5.74, 6) is -0.550. The molecular formula is C19H15N5O3S. The van der Waals surface area contributed by atoms with Crippen LogP contribution in [0.2, 0.25) is 0 Å². The van der Waals surface area contributed by atoms with Crippen molar-refractivity contribution in [2.45, 2.75) is 17.3 Å². The Morgan fingerprint density at radius 3 is 2.36 bits per heavy atom. The van der Waals surface area contributed by atoms with E-state index in [1.165, 1.54) is 6.07 Å². The summed E-state index contributed by atoms with van der Waals surface area (Å²) in [6.45, 7) is 1.70. The van der Waals surface area contributed by atoms with Crippen molar-refractivity contribution in [1.29, 1.82) is 0 Å². The number of nitrogens with one attached hydrogen (secondary N) is 2. The van der Waals surface area contributed by atoms with Gasteiger partial charge in [-0.05, 0) is 25.1 Å². The van der Waals surface area contributed by atoms with E-state index >= 15 is 0 Å². The fraction of sp³-hybridized carbons (Fsp3) is 0.105. The van der Waals surface area contributed by atoms with Crippen LogP contribution < -0.4 is 11.1 Å². The Labute approximate surface area is 163 Å². The molecule has 9 heteroatoms. The molecule has 0 spiro atoms. The number of nitrogens with two attached hydrogens (primary N) is 1. The Balaban J connectivity index is 1.55. The third-order valence-corrected chi connectivity index (χ3v) is 5.29. The van der Waals surface area contributed by atoms with E-state index in [0.29, 0.717) is 27.5 Å². The Bertz CT molecular complexity index is 1120. The summed E-state index contributed by atoms with van der Waals surface area (Å²) in [4.78, 5) is 41.8. The van der Waals surface area contributed by atoms with Crippen LogP contribution in [0.25, 0.3) is 0 Å². The van der Waals surface area contributed by atoms with Crippen LogP contribution in [-0.4, -0.2) is 37.9 Å². The smallest absolute Gasteiger partial charge is 0.237 e. The Morgan fingerprint density at radius 2 is 1.71 bits per heavy atom. The Kier molecular flexibility index (Phi) is 4.44. The Morgan fingerprint density at radius 1 is 1.07 bits per heavy atom. The second-order valence-electron chi connectivity index (χ2n) is 6.22. The highest BCUT2D eigenvalue weighted by Crippen LogP contribution is 2.29. The number of aromatic nitrogens is 3. The topological polar surface area (TPSA) is 131 Å². The predicted molar refractivity (Wildman–Crippen MR) is 104 cm³/mol. The molecule has 1 aliphatic rings. The summed E-state index contributed by atoms with van der Waals surface area (Å²) < 4.78 is 0. The molecule has 3 aromatic rings. The van der Waals surface area contributed by atoms with E-state index in [-0.39, 0.29) is 29.0 Å². The van der Waals surface area contributed by atoms with Crippen molar-refractivity contribution in [2.24, 2.45) is 0 Å². The normalized spacial score (nSPS) is 13.6. The van der Waals surface area contributed by atoms with Crippen LogP contribution in [-0.2, 0) is 4.79 Å². The first-order valence-corrected chi connectivity index (χ1v) is 9.30. The van der Waals surface area contributed by atoms with Gasteiger partial charge in [-0.2, -0.15) is 4.98 Å². The molecule has 0 radical (unpaired) electrons. The lowest BCUT2D eigenvalue weighted by Crippen LogP contribution is -2.24. The summed E-state index contributed by atoms with van der Waals surface area (Å²) in [5.41, 5.74) is 7.29. The number of fused-ring (bicyclic) bond motifs is 2. The molecule has 0 saturated carbocycles. The van der Waals surface area contributed by atoms with E-state index in [4.69, 9.17) is 5.73 Å². The van der Waals surface area contributed by atoms with Gasteiger partial charge in [0.1, 0.15) is 0 Å². The summed E-state index contributed by atoms with van der Waals surface area (Å²) in [6, 6.07) is 11.4. The van der Waals surface area contributed by atoms with Gasteiger partial charge in [0.15, 0.2) is 11.6 Å². The van der Waals surface area contributed by atoms with E-state index in [1.807, 2.05) is 0 Å². The number of carbonyl (C=O) groups excluding carboxylic acids is 3. The van der Waals surface area contributed by atoms with Gasteiger partial charge in [0.25, 0.3) is 0 Å². The molecule has 28 heavy (non-hydrogen) atoms. The number of hydrogen-bond donors (Lipinski definition) is 3. The van der Waals surface area contributed by atoms with Gasteiger partial charge in [0.2, 0.25) is 17.0 Å². The summed E-state index contributed by atoms with van der Waals surface area (Å²) in [7, 11) is 0. The summed E-state index contributed by atoms with van der Waals surface area (Å²) in [6.07, 6.45) is 0. The number of nitrogen functional groups attached to an aromatic ring is 1. The minimum Gasteiger partial charge on any atom is -0.368 e. The lowest BCUT2D eigenvalue weighted by molar-refractivity contribution is -0.115. The molecule has 0 bridgehead atoms. The number of carbonyl (C=O) groups is 3. The molecule has 0 unspecified atom stereocenters. The average molecular weight is 393 g/mol. The molecule has 1 aromatic heterocycles. The number of H-pyrrole nitrogens is 1. The van der Waals surface area contributed by atoms with Crippen LogP contribution in [0, 0.1) is 0 Å². The third kappa shape index (κ3) is 3.16. The first kappa shape index (κ1) is 17.9. The number of hydrogen-bond acceptors (Lipinski definition) is 7. The molecule has 2 aromatic carbocycles. The number of anilines is 2. The first-order valence-electron chi connectivity index (χ1n) is 8.42. The van der Waals surface area contributed by atoms with E-state index in [2.05, 4.69) is 20.5 Å². The fourth-order valence-electron chi connectivity index (χ4n) is 2.94. The van der Waals surface area contributed by atoms with Crippen molar-refractivity contribution in [2.75, 3.05) is 11.1 Å². The zero-order chi connectivity index (χ0) is 19.8. The molecule has 0 fully saturated rings. The minimum atomic E-state index is -0.496. The first-order chi connectivity index (χ1) is 13.4. The molecule has 0 aliphatic heterocycles. The van der Waals surface area contributed by atoms with Crippen molar-refractivity contribution in [3.05, 3.63) is 64.7 Å². The average Bonchev–Trinajstić information content (AvgIpc) is 3.10. The van der Waals surface area contributed by atoms with Crippen LogP contribution in [0.15, 0.2) is 47.6 Å². The van der Waals surface area contributed by atoms with Crippen LogP contribution in [0.3, 0.4) is 0 Å². The third-order valence-electron chi connectivity index (χ3n) is 4.33. The molecule has 4 N–H and O–H groups in total. The van der Waals surface area contributed by atoms with E-state index in [0.717, 1.165) is 11.8 Å². The largest absolute Gasteiger partial charge is 0.368 e. The lowest BCUT2D eigenvalue weighted by Gasteiger charge is -2.18. The van der Waals surface area contributed by atoms with Crippen molar-refractivity contribution in [3.8, 4) is 0 Å². The molecule has 1 amide bonds. The molecule has 140 valence electrons. The van der Waals surface area contributed by atoms with Crippen molar-refractivity contribution in [3.63, 3.8) is 0 Å². The van der Waals surface area contributed by atoms with E-state index < -0.39 is 5.25 Å². The van der Waals surface area contributed by atoms with Gasteiger partial charge in [-0.25, -0.2) is 5.10 Å². The molecule has 8 nitrogen and oxygen atoms in total. The number of rotatable bonds is 4. The SMILES string of the molecule is C[C@H](Sc1n[nH]c(N)n1)C(=O)Nc1ccc2c(c1)C(=O)c1ccccc1C2=O. The quantitative estimate of drug-likeness (QED) is 0.453. The van der Waals surface area contributed by atoms with Gasteiger partial charge >= 0.3 is 0 Å². The summed E-state index contributed by atoms with van der Waals surface area (Å²) >= 11 is 1.15. The molecule has 1 atom stereocenters. The number of ketones is 2. The van der Waals surface area contributed by atoms with Crippen LogP contribution in [0.1, 0.15) is 38.8 Å². The molecule has 1 heterocycles. The van der Waals surface area contributed by atoms with Crippen molar-refractivity contribution >= 4 is 40.9 Å². The molecule has 1 aliphatic carbocycles. The highest BCUT2D eigenvalue weighted by molar-refractivity contribution is 8.00. The van der Waals surface area contributed by atoms with Gasteiger partial charge in [0, 0.05) is 27.9 Å². The number of amides is 1. The van der Waals surface area contributed by atoms with Gasteiger partial charge < -0.3 is 11.1 Å². The van der Waals surface area contributed by atoms with Gasteiger partial charge in [-0.15, -0.1) is 5.10 Å². The van der Waals surface area contributed by atoms with Gasteiger partial charge in [0.05, 0.1) is 5.25 Å². The number of benzene rings is 2. The second kappa shape index (κ2) is 6.93. The van der Waals surface area contributed by atoms with Gasteiger partial charge in [-0.3, -0.25) is 14.4 Å². The highest BCUT2D eigenvalue weighted by Gasteiger charge is 2.29. The number of nitrogens with zero attached hydrogens (tertiary/aromatic N) is 2. The van der Waals surface area contributed by atoms with E-state index in [1.54, 1.807) is 43.3 Å². The predicted octanol–water partition coefficient (Wildman–Crippen LogP) is 2.28. The van der Waals surface area contributed by atoms with Crippen molar-refractivity contribution in [1.82, 2.24) is 15.2 Å². The van der Waals surface area contributed by atoms with Gasteiger partial charge in [-0.1, -0.05) is 36.0 Å². The monoisotopic (exact) mass is 393 g/mol. The minimum absolute atomic E-state index is 0.174. The molecular weight excluding hydrogens is 378 g/mol. The van der Waals surface area contributed by atoms with Crippen LogP contribution >= 0.6 is 11.8 Å². The van der Waals surface area contributed by atoms with E-state index in [9.17, 15) is 14.4 Å². The zero-order valence-corrected chi connectivity index (χ0v) is 15.5. The highest BCUT2D eigenvalue weighted by atomic mass is 32.2. The second-order valence-corrected chi connectivity index (χ2v) is 7.52. The number of thioether (sulfide) groups is 1. The molecule has 0 saturated heterocycles. The molecule has 4 rings (SSSR count). The van der Waals surface area contributed by atoms with Crippen LogP contribution in [0.5, 0.6) is 0 Å². The fourth-order valence-corrected chi connectivity index (χ4v) is 3.68. The van der Waals surface area contributed by atoms with Crippen LogP contribution in [0.4, 0.5) is 11.6 Å².